The van der Waals surface area contributed by atoms with E-state index in [4.69, 9.17) is 21.1 Å². The van der Waals surface area contributed by atoms with Gasteiger partial charge in [0.05, 0.1) is 0 Å². The highest BCUT2D eigenvalue weighted by atomic mass is 35.5. The Morgan fingerprint density at radius 1 is 1.44 bits per heavy atom. The first-order chi connectivity index (χ1) is 7.65. The van der Waals surface area contributed by atoms with Gasteiger partial charge in [-0.15, -0.1) is 0 Å². The van der Waals surface area contributed by atoms with Crippen LogP contribution in [0.2, 0.25) is 5.02 Å². The third kappa shape index (κ3) is 1.85. The van der Waals surface area contributed by atoms with E-state index in [9.17, 15) is 5.11 Å². The van der Waals surface area contributed by atoms with Gasteiger partial charge in [-0.1, -0.05) is 18.5 Å². The fourth-order valence-corrected chi connectivity index (χ4v) is 2.45. The molecule has 1 aromatic carbocycles. The SMILES string of the molecule is Cc1c2c(cc(Cl)c1C(C)CO)OCCO2. The van der Waals surface area contributed by atoms with Crippen molar-refractivity contribution in [1.82, 2.24) is 0 Å². The molecule has 88 valence electrons. The number of benzene rings is 1. The zero-order valence-electron chi connectivity index (χ0n) is 9.42. The molecule has 0 bridgehead atoms. The highest BCUT2D eigenvalue weighted by Crippen LogP contribution is 2.42. The van der Waals surface area contributed by atoms with Gasteiger partial charge in [-0.3, -0.25) is 0 Å². The van der Waals surface area contributed by atoms with Crippen LogP contribution < -0.4 is 9.47 Å². The predicted octanol–water partition coefficient (Wildman–Crippen LogP) is 2.52. The number of aliphatic hydroxyl groups is 1. The number of hydrogen-bond donors (Lipinski definition) is 1. The molecule has 0 radical (unpaired) electrons. The Hall–Kier alpha value is -0.930. The number of rotatable bonds is 2. The maximum atomic E-state index is 9.21. The zero-order valence-corrected chi connectivity index (χ0v) is 10.2. The number of fused-ring (bicyclic) bond motifs is 1. The van der Waals surface area contributed by atoms with Crippen LogP contribution in [0.15, 0.2) is 6.07 Å². The van der Waals surface area contributed by atoms with E-state index in [-0.39, 0.29) is 12.5 Å². The summed E-state index contributed by atoms with van der Waals surface area (Å²) in [6, 6.07) is 1.77. The number of ether oxygens (including phenoxy) is 2. The lowest BCUT2D eigenvalue weighted by molar-refractivity contribution is 0.170. The van der Waals surface area contributed by atoms with Crippen LogP contribution in [0.25, 0.3) is 0 Å². The van der Waals surface area contributed by atoms with Crippen molar-refractivity contribution in [3.63, 3.8) is 0 Å². The van der Waals surface area contributed by atoms with Crippen molar-refractivity contribution < 1.29 is 14.6 Å². The third-order valence-corrected chi connectivity index (χ3v) is 3.15. The van der Waals surface area contributed by atoms with Crippen LogP contribution in [0.5, 0.6) is 11.5 Å². The van der Waals surface area contributed by atoms with E-state index >= 15 is 0 Å². The molecule has 0 amide bonds. The largest absolute Gasteiger partial charge is 0.486 e. The summed E-state index contributed by atoms with van der Waals surface area (Å²) in [5.41, 5.74) is 1.90. The first-order valence-electron chi connectivity index (χ1n) is 5.34. The molecule has 1 aromatic rings. The molecule has 3 nitrogen and oxygen atoms in total. The standard InChI is InChI=1S/C12H15ClO3/c1-7(6-14)11-8(2)12-10(5-9(11)13)15-3-4-16-12/h5,7,14H,3-4,6H2,1-2H3. The van der Waals surface area contributed by atoms with Crippen molar-refractivity contribution >= 4 is 11.6 Å². The normalized spacial score (nSPS) is 16.0. The van der Waals surface area contributed by atoms with Crippen LogP contribution in [0.4, 0.5) is 0 Å². The predicted molar refractivity (Wildman–Crippen MR) is 62.7 cm³/mol. The van der Waals surface area contributed by atoms with Gasteiger partial charge in [0.25, 0.3) is 0 Å². The van der Waals surface area contributed by atoms with Gasteiger partial charge in [-0.25, -0.2) is 0 Å². The molecule has 1 heterocycles. The minimum atomic E-state index is 0.00308. The topological polar surface area (TPSA) is 38.7 Å². The summed E-state index contributed by atoms with van der Waals surface area (Å²) >= 11 is 6.19. The van der Waals surface area contributed by atoms with Crippen LogP contribution in [0.3, 0.4) is 0 Å². The summed E-state index contributed by atoms with van der Waals surface area (Å²) < 4.78 is 11.1. The van der Waals surface area contributed by atoms with Crippen molar-refractivity contribution in [2.75, 3.05) is 19.8 Å². The van der Waals surface area contributed by atoms with E-state index in [1.54, 1.807) is 6.07 Å². The Balaban J connectivity index is 2.54. The van der Waals surface area contributed by atoms with Crippen LogP contribution in [-0.4, -0.2) is 24.9 Å². The molecule has 1 aliphatic heterocycles. The van der Waals surface area contributed by atoms with Crippen LogP contribution in [0.1, 0.15) is 24.0 Å². The van der Waals surface area contributed by atoms with E-state index in [2.05, 4.69) is 0 Å². The van der Waals surface area contributed by atoms with Gasteiger partial charge in [-0.05, 0) is 18.1 Å². The fourth-order valence-electron chi connectivity index (χ4n) is 2.02. The maximum absolute atomic E-state index is 9.21. The molecule has 16 heavy (non-hydrogen) atoms. The maximum Gasteiger partial charge on any atom is 0.164 e. The first kappa shape index (κ1) is 11.6. The minimum absolute atomic E-state index is 0.00308. The molecule has 1 N–H and O–H groups in total. The summed E-state index contributed by atoms with van der Waals surface area (Å²) in [4.78, 5) is 0. The van der Waals surface area contributed by atoms with E-state index in [0.29, 0.717) is 24.0 Å². The van der Waals surface area contributed by atoms with Crippen LogP contribution in [0, 0.1) is 6.92 Å². The van der Waals surface area contributed by atoms with Gasteiger partial charge in [0.15, 0.2) is 11.5 Å². The zero-order chi connectivity index (χ0) is 11.7. The molecule has 4 heteroatoms. The smallest absolute Gasteiger partial charge is 0.164 e. The summed E-state index contributed by atoms with van der Waals surface area (Å²) in [5, 5.41) is 9.84. The average Bonchev–Trinajstić information content (AvgIpc) is 2.28. The molecule has 0 fully saturated rings. The van der Waals surface area contributed by atoms with Gasteiger partial charge in [0.1, 0.15) is 13.2 Å². The fraction of sp³-hybridized carbons (Fsp3) is 0.500. The molecule has 0 saturated heterocycles. The van der Waals surface area contributed by atoms with Gasteiger partial charge < -0.3 is 14.6 Å². The molecular formula is C12H15ClO3. The number of aliphatic hydroxyl groups excluding tert-OH is 1. The van der Waals surface area contributed by atoms with E-state index in [0.717, 1.165) is 16.9 Å². The van der Waals surface area contributed by atoms with Crippen molar-refractivity contribution in [2.24, 2.45) is 0 Å². The molecule has 0 aromatic heterocycles. The summed E-state index contributed by atoms with van der Waals surface area (Å²) in [6.07, 6.45) is 0. The second-order valence-electron chi connectivity index (χ2n) is 4.00. The molecule has 0 aliphatic carbocycles. The molecule has 1 unspecified atom stereocenters. The number of hydrogen-bond acceptors (Lipinski definition) is 3. The molecular weight excluding hydrogens is 228 g/mol. The van der Waals surface area contributed by atoms with Crippen LogP contribution >= 0.6 is 11.6 Å². The third-order valence-electron chi connectivity index (χ3n) is 2.84. The number of halogens is 1. The molecule has 0 saturated carbocycles. The first-order valence-corrected chi connectivity index (χ1v) is 5.72. The lowest BCUT2D eigenvalue weighted by Crippen LogP contribution is -2.17. The second kappa shape index (κ2) is 4.52. The van der Waals surface area contributed by atoms with E-state index in [1.165, 1.54) is 0 Å². The van der Waals surface area contributed by atoms with Gasteiger partial charge in [-0.2, -0.15) is 0 Å². The molecule has 1 aliphatic rings. The van der Waals surface area contributed by atoms with E-state index < -0.39 is 0 Å². The summed E-state index contributed by atoms with van der Waals surface area (Å²) in [7, 11) is 0. The molecule has 2 rings (SSSR count). The average molecular weight is 243 g/mol. The van der Waals surface area contributed by atoms with Gasteiger partial charge in [0.2, 0.25) is 0 Å². The van der Waals surface area contributed by atoms with Crippen molar-refractivity contribution in [2.45, 2.75) is 19.8 Å². The Labute approximate surface area is 99.9 Å². The van der Waals surface area contributed by atoms with Crippen molar-refractivity contribution in [3.8, 4) is 11.5 Å². The molecule has 1 atom stereocenters. The van der Waals surface area contributed by atoms with Crippen LogP contribution in [-0.2, 0) is 0 Å². The van der Waals surface area contributed by atoms with Crippen molar-refractivity contribution in [3.05, 3.63) is 22.2 Å². The summed E-state index contributed by atoms with van der Waals surface area (Å²) in [6.45, 7) is 5.06. The Bertz CT molecular complexity index is 404. The van der Waals surface area contributed by atoms with Crippen molar-refractivity contribution in [1.29, 1.82) is 0 Å². The Morgan fingerprint density at radius 2 is 2.12 bits per heavy atom. The highest BCUT2D eigenvalue weighted by molar-refractivity contribution is 6.31. The van der Waals surface area contributed by atoms with E-state index in [1.807, 2.05) is 13.8 Å². The highest BCUT2D eigenvalue weighted by Gasteiger charge is 2.22. The molecule has 0 spiro atoms. The Morgan fingerprint density at radius 3 is 2.81 bits per heavy atom. The lowest BCUT2D eigenvalue weighted by Gasteiger charge is -2.24. The lowest BCUT2D eigenvalue weighted by atomic mass is 9.95. The van der Waals surface area contributed by atoms with Gasteiger partial charge >= 0.3 is 0 Å². The summed E-state index contributed by atoms with van der Waals surface area (Å²) in [5.74, 6) is 1.46. The Kier molecular flexibility index (Phi) is 3.26. The monoisotopic (exact) mass is 242 g/mol. The minimum Gasteiger partial charge on any atom is -0.486 e. The second-order valence-corrected chi connectivity index (χ2v) is 4.41. The van der Waals surface area contributed by atoms with Gasteiger partial charge in [0, 0.05) is 23.6 Å². The quantitative estimate of drug-likeness (QED) is 0.866.